The van der Waals surface area contributed by atoms with Crippen LogP contribution in [-0.4, -0.2) is 47.4 Å². The van der Waals surface area contributed by atoms with Crippen LogP contribution in [0, 0.1) is 0 Å². The van der Waals surface area contributed by atoms with Gasteiger partial charge in [-0.15, -0.1) is 0 Å². The predicted molar refractivity (Wildman–Crippen MR) is 324 cm³/mol. The summed E-state index contributed by atoms with van der Waals surface area (Å²) >= 11 is 0. The van der Waals surface area contributed by atoms with Crippen molar-refractivity contribution in [1.29, 1.82) is 0 Å². The monoisotopic (exact) mass is 1040 g/mol. The summed E-state index contributed by atoms with van der Waals surface area (Å²) in [4.78, 5) is 24.6. The fraction of sp³-hybridized carbons (Fsp3) is 0.912. The van der Waals surface area contributed by atoms with Crippen LogP contribution in [0.4, 0.5) is 0 Å². The lowest BCUT2D eigenvalue weighted by molar-refractivity contribution is -0.143. The highest BCUT2D eigenvalue weighted by molar-refractivity contribution is 5.76. The molecule has 438 valence electrons. The number of nitrogens with one attached hydrogen (secondary N) is 1. The van der Waals surface area contributed by atoms with E-state index >= 15 is 0 Å². The van der Waals surface area contributed by atoms with Gasteiger partial charge in [0.1, 0.15) is 0 Å². The van der Waals surface area contributed by atoms with Crippen LogP contribution in [-0.2, 0) is 14.3 Å². The number of aliphatic hydroxyl groups excluding tert-OH is 2. The van der Waals surface area contributed by atoms with E-state index < -0.39 is 12.1 Å². The Morgan fingerprint density at radius 3 is 0.959 bits per heavy atom. The first-order valence-corrected chi connectivity index (χ1v) is 33.6. The van der Waals surface area contributed by atoms with Crippen molar-refractivity contribution < 1.29 is 24.5 Å². The molecule has 0 aromatic carbocycles. The summed E-state index contributed by atoms with van der Waals surface area (Å²) in [6, 6.07) is -0.631. The molecule has 6 heteroatoms. The lowest BCUT2D eigenvalue weighted by Crippen LogP contribution is -2.45. The van der Waals surface area contributed by atoms with Gasteiger partial charge in [-0.05, 0) is 57.8 Å². The SMILES string of the molecule is CCCCCCCCCCCCCCCCC/C=C/C(O)C(CO)NC(=O)CCCCCCCCCC/C=C\CCCCCCCCCCCCCCOC(=O)CCCCCCCCCCCCCCCCCC. The molecule has 0 saturated carbocycles. The second-order valence-corrected chi connectivity index (χ2v) is 23.2. The van der Waals surface area contributed by atoms with Crippen LogP contribution < -0.4 is 5.32 Å². The number of esters is 1. The molecule has 0 radical (unpaired) electrons. The quantitative estimate of drug-likeness (QED) is 0.0320. The number of carbonyl (C=O) groups is 2. The number of ether oxygens (including phenoxy) is 1. The summed E-state index contributed by atoms with van der Waals surface area (Å²) in [5, 5.41) is 23.2. The molecule has 0 spiro atoms. The first-order valence-electron chi connectivity index (χ1n) is 33.6. The Balaban J connectivity index is 3.41. The number of amides is 1. The van der Waals surface area contributed by atoms with Gasteiger partial charge in [0, 0.05) is 12.8 Å². The number of hydrogen-bond donors (Lipinski definition) is 3. The molecule has 0 aromatic rings. The van der Waals surface area contributed by atoms with Gasteiger partial charge in [0.15, 0.2) is 0 Å². The molecule has 0 aliphatic heterocycles. The van der Waals surface area contributed by atoms with Gasteiger partial charge < -0.3 is 20.3 Å². The summed E-state index contributed by atoms with van der Waals surface area (Å²) < 4.78 is 5.50. The number of aliphatic hydroxyl groups is 2. The number of hydrogen-bond acceptors (Lipinski definition) is 5. The van der Waals surface area contributed by atoms with Gasteiger partial charge in [-0.2, -0.15) is 0 Å². The van der Waals surface area contributed by atoms with Crippen LogP contribution in [0.5, 0.6) is 0 Å². The maximum absolute atomic E-state index is 12.5. The second kappa shape index (κ2) is 63.9. The van der Waals surface area contributed by atoms with E-state index in [-0.39, 0.29) is 18.5 Å². The molecule has 0 rings (SSSR count). The molecule has 6 nitrogen and oxygen atoms in total. The lowest BCUT2D eigenvalue weighted by atomic mass is 10.0. The van der Waals surface area contributed by atoms with Crippen LogP contribution >= 0.6 is 0 Å². The molecule has 2 unspecified atom stereocenters. The average Bonchev–Trinajstić information content (AvgIpc) is 3.40. The van der Waals surface area contributed by atoms with Gasteiger partial charge >= 0.3 is 5.97 Å². The molecule has 0 bridgehead atoms. The minimum atomic E-state index is -0.847. The zero-order valence-electron chi connectivity index (χ0n) is 50.1. The van der Waals surface area contributed by atoms with Gasteiger partial charge in [-0.3, -0.25) is 9.59 Å². The largest absolute Gasteiger partial charge is 0.466 e. The molecule has 0 heterocycles. The van der Waals surface area contributed by atoms with E-state index in [1.54, 1.807) is 6.08 Å². The molecule has 0 aromatic heterocycles. The molecule has 0 fully saturated rings. The highest BCUT2D eigenvalue weighted by atomic mass is 16.5. The zero-order chi connectivity index (χ0) is 53.6. The third kappa shape index (κ3) is 59.6. The van der Waals surface area contributed by atoms with E-state index in [1.807, 2.05) is 6.08 Å². The maximum Gasteiger partial charge on any atom is 0.305 e. The van der Waals surface area contributed by atoms with Crippen molar-refractivity contribution in [2.75, 3.05) is 13.2 Å². The molecule has 0 saturated heterocycles. The van der Waals surface area contributed by atoms with Crippen LogP contribution in [0.25, 0.3) is 0 Å². The Morgan fingerprint density at radius 1 is 0.365 bits per heavy atom. The summed E-state index contributed by atoms with van der Waals surface area (Å²) in [5.74, 6) is -0.0537. The molecular formula is C68H131NO5. The summed E-state index contributed by atoms with van der Waals surface area (Å²) in [6.45, 7) is 4.94. The molecule has 74 heavy (non-hydrogen) atoms. The van der Waals surface area contributed by atoms with Crippen LogP contribution in [0.3, 0.4) is 0 Å². The fourth-order valence-electron chi connectivity index (χ4n) is 10.6. The minimum absolute atomic E-state index is 0.0161. The van der Waals surface area contributed by atoms with E-state index in [2.05, 4.69) is 31.3 Å². The van der Waals surface area contributed by atoms with E-state index in [4.69, 9.17) is 4.74 Å². The Labute approximate surface area is 462 Å². The third-order valence-electron chi connectivity index (χ3n) is 15.7. The zero-order valence-corrected chi connectivity index (χ0v) is 50.1. The number of rotatable bonds is 63. The number of allylic oxidation sites excluding steroid dienone is 3. The Morgan fingerprint density at radius 2 is 0.635 bits per heavy atom. The van der Waals surface area contributed by atoms with Gasteiger partial charge in [-0.1, -0.05) is 327 Å². The van der Waals surface area contributed by atoms with Gasteiger partial charge in [0.05, 0.1) is 25.4 Å². The van der Waals surface area contributed by atoms with Crippen LogP contribution in [0.1, 0.15) is 373 Å². The predicted octanol–water partition coefficient (Wildman–Crippen LogP) is 21.4. The standard InChI is InChI=1S/C68H131NO5/c1-3-5-7-9-11-13-15-17-19-29-32-36-40-44-48-52-56-60-66(71)65(64-70)69-67(72)61-57-53-49-45-41-37-33-30-27-25-23-21-22-24-26-28-31-35-39-43-47-51-55-59-63-74-68(73)62-58-54-50-46-42-38-34-20-18-16-14-12-10-8-6-4-2/h23,25,56,60,65-66,70-71H,3-22,24,26-55,57-59,61-64H2,1-2H3,(H,69,72)/b25-23-,60-56+. The fourth-order valence-corrected chi connectivity index (χ4v) is 10.6. The van der Waals surface area contributed by atoms with E-state index in [0.29, 0.717) is 19.4 Å². The van der Waals surface area contributed by atoms with Crippen molar-refractivity contribution in [3.63, 3.8) is 0 Å². The Hall–Kier alpha value is -1.66. The van der Waals surface area contributed by atoms with Crippen molar-refractivity contribution >= 4 is 11.9 Å². The molecular weight excluding hydrogens is 911 g/mol. The normalized spacial score (nSPS) is 12.6. The number of unbranched alkanes of at least 4 members (excludes halogenated alkanes) is 50. The molecule has 0 aliphatic carbocycles. The van der Waals surface area contributed by atoms with Crippen molar-refractivity contribution in [3.05, 3.63) is 24.3 Å². The van der Waals surface area contributed by atoms with Crippen molar-refractivity contribution in [2.24, 2.45) is 0 Å². The molecule has 2 atom stereocenters. The Kier molecular flexibility index (Phi) is 62.4. The van der Waals surface area contributed by atoms with Gasteiger partial charge in [-0.25, -0.2) is 0 Å². The highest BCUT2D eigenvalue weighted by Crippen LogP contribution is 2.18. The summed E-state index contributed by atoms with van der Waals surface area (Å²) in [5.41, 5.74) is 0. The highest BCUT2D eigenvalue weighted by Gasteiger charge is 2.18. The van der Waals surface area contributed by atoms with Crippen molar-refractivity contribution in [3.8, 4) is 0 Å². The smallest absolute Gasteiger partial charge is 0.305 e. The van der Waals surface area contributed by atoms with E-state index in [0.717, 1.165) is 38.5 Å². The summed E-state index contributed by atoms with van der Waals surface area (Å²) in [7, 11) is 0. The third-order valence-corrected chi connectivity index (χ3v) is 15.7. The first-order chi connectivity index (χ1) is 36.5. The average molecular weight is 1040 g/mol. The molecule has 0 aliphatic rings. The van der Waals surface area contributed by atoms with Crippen molar-refractivity contribution in [1.82, 2.24) is 5.32 Å². The Bertz CT molecular complexity index is 1150. The second-order valence-electron chi connectivity index (χ2n) is 23.2. The summed E-state index contributed by atoms with van der Waals surface area (Å²) in [6.07, 6.45) is 79.5. The maximum atomic E-state index is 12.5. The topological polar surface area (TPSA) is 95.9 Å². The minimum Gasteiger partial charge on any atom is -0.466 e. The van der Waals surface area contributed by atoms with Gasteiger partial charge in [0.2, 0.25) is 5.91 Å². The van der Waals surface area contributed by atoms with E-state index in [1.165, 1.54) is 308 Å². The van der Waals surface area contributed by atoms with Crippen molar-refractivity contribution in [2.45, 2.75) is 386 Å². The van der Waals surface area contributed by atoms with Crippen LogP contribution in [0.2, 0.25) is 0 Å². The first kappa shape index (κ1) is 72.3. The lowest BCUT2D eigenvalue weighted by Gasteiger charge is -2.20. The molecule has 1 amide bonds. The van der Waals surface area contributed by atoms with E-state index in [9.17, 15) is 19.8 Å². The van der Waals surface area contributed by atoms with Crippen LogP contribution in [0.15, 0.2) is 24.3 Å². The van der Waals surface area contributed by atoms with Gasteiger partial charge in [0.25, 0.3) is 0 Å². The number of carbonyl (C=O) groups excluding carboxylic acids is 2. The molecule has 3 N–H and O–H groups in total.